The van der Waals surface area contributed by atoms with E-state index in [9.17, 15) is 18.0 Å². The van der Waals surface area contributed by atoms with Gasteiger partial charge in [-0.3, -0.25) is 4.79 Å². The van der Waals surface area contributed by atoms with Gasteiger partial charge in [0.2, 0.25) is 5.91 Å². The molecule has 0 aromatic carbocycles. The standard InChI is InChI=1S/C11H18F3NOS/c1-8(2)15(6-11(12,13)14)9(16)5-10(7-17)3-4-10/h8,17H,3-7H2,1-2H3. The highest BCUT2D eigenvalue weighted by atomic mass is 32.1. The van der Waals surface area contributed by atoms with Crippen molar-refractivity contribution in [3.05, 3.63) is 0 Å². The van der Waals surface area contributed by atoms with Crippen molar-refractivity contribution in [1.82, 2.24) is 4.90 Å². The topological polar surface area (TPSA) is 20.3 Å². The van der Waals surface area contributed by atoms with E-state index < -0.39 is 24.7 Å². The molecular weight excluding hydrogens is 251 g/mol. The van der Waals surface area contributed by atoms with Crippen molar-refractivity contribution in [2.45, 2.75) is 45.3 Å². The van der Waals surface area contributed by atoms with Crippen LogP contribution in [0.15, 0.2) is 0 Å². The first-order valence-corrected chi connectivity index (χ1v) is 6.29. The predicted molar refractivity (Wildman–Crippen MR) is 63.0 cm³/mol. The van der Waals surface area contributed by atoms with Gasteiger partial charge in [-0.05, 0) is 37.9 Å². The molecule has 1 aliphatic carbocycles. The molecule has 1 amide bonds. The molecule has 0 aromatic heterocycles. The summed E-state index contributed by atoms with van der Waals surface area (Å²) in [5.74, 6) is 0.153. The van der Waals surface area contributed by atoms with Gasteiger partial charge in [0.1, 0.15) is 6.54 Å². The molecule has 0 spiro atoms. The second-order valence-electron chi connectivity index (χ2n) is 5.07. The van der Waals surface area contributed by atoms with E-state index in [0.717, 1.165) is 17.7 Å². The van der Waals surface area contributed by atoms with Gasteiger partial charge in [-0.15, -0.1) is 0 Å². The molecule has 0 bridgehead atoms. The number of amides is 1. The van der Waals surface area contributed by atoms with E-state index in [4.69, 9.17) is 0 Å². The Morgan fingerprint density at radius 3 is 2.24 bits per heavy atom. The molecule has 1 saturated carbocycles. The molecule has 1 fully saturated rings. The Bertz CT molecular complexity index is 287. The van der Waals surface area contributed by atoms with Crippen molar-refractivity contribution in [1.29, 1.82) is 0 Å². The molecule has 0 heterocycles. The van der Waals surface area contributed by atoms with E-state index in [1.54, 1.807) is 13.8 Å². The fourth-order valence-electron chi connectivity index (χ4n) is 1.74. The summed E-state index contributed by atoms with van der Waals surface area (Å²) in [7, 11) is 0. The van der Waals surface area contributed by atoms with Gasteiger partial charge in [0.05, 0.1) is 0 Å². The van der Waals surface area contributed by atoms with E-state index in [-0.39, 0.29) is 11.8 Å². The fourth-order valence-corrected chi connectivity index (χ4v) is 2.17. The highest BCUT2D eigenvalue weighted by molar-refractivity contribution is 7.80. The maximum atomic E-state index is 12.3. The quantitative estimate of drug-likeness (QED) is 0.761. The highest BCUT2D eigenvalue weighted by Gasteiger charge is 2.45. The molecule has 17 heavy (non-hydrogen) atoms. The third-order valence-corrected chi connectivity index (χ3v) is 3.78. The zero-order valence-corrected chi connectivity index (χ0v) is 10.9. The first-order valence-electron chi connectivity index (χ1n) is 5.66. The van der Waals surface area contributed by atoms with Crippen molar-refractivity contribution >= 4 is 18.5 Å². The first-order chi connectivity index (χ1) is 7.69. The summed E-state index contributed by atoms with van der Waals surface area (Å²) in [5.41, 5.74) is -0.140. The summed E-state index contributed by atoms with van der Waals surface area (Å²) in [4.78, 5) is 12.8. The Hall–Kier alpha value is -0.390. The van der Waals surface area contributed by atoms with Gasteiger partial charge < -0.3 is 4.90 Å². The van der Waals surface area contributed by atoms with Crippen LogP contribution in [0.5, 0.6) is 0 Å². The third kappa shape index (κ3) is 4.41. The molecule has 1 aliphatic rings. The Morgan fingerprint density at radius 1 is 1.41 bits per heavy atom. The monoisotopic (exact) mass is 269 g/mol. The zero-order valence-electron chi connectivity index (χ0n) is 10.0. The first kappa shape index (κ1) is 14.7. The van der Waals surface area contributed by atoms with E-state index in [1.807, 2.05) is 0 Å². The lowest BCUT2D eigenvalue weighted by Crippen LogP contribution is -2.44. The SMILES string of the molecule is CC(C)N(CC(F)(F)F)C(=O)CC1(CS)CC1. The molecule has 2 nitrogen and oxygen atoms in total. The maximum Gasteiger partial charge on any atom is 0.406 e. The van der Waals surface area contributed by atoms with Crippen molar-refractivity contribution in [3.63, 3.8) is 0 Å². The van der Waals surface area contributed by atoms with Crippen LogP contribution in [-0.4, -0.2) is 35.3 Å². The molecule has 0 unspecified atom stereocenters. The minimum absolute atomic E-state index is 0.140. The molecule has 0 saturated heterocycles. The molecule has 100 valence electrons. The van der Waals surface area contributed by atoms with Crippen LogP contribution in [0.25, 0.3) is 0 Å². The number of carbonyl (C=O) groups is 1. The van der Waals surface area contributed by atoms with Crippen LogP contribution in [0.4, 0.5) is 13.2 Å². The normalized spacial score (nSPS) is 18.3. The van der Waals surface area contributed by atoms with Gasteiger partial charge in [-0.2, -0.15) is 25.8 Å². The molecule has 0 radical (unpaired) electrons. The summed E-state index contributed by atoms with van der Waals surface area (Å²) in [5, 5.41) is 0. The Kier molecular flexibility index (Phi) is 4.38. The Balaban J connectivity index is 2.61. The van der Waals surface area contributed by atoms with Gasteiger partial charge in [0.15, 0.2) is 0 Å². The van der Waals surface area contributed by atoms with Crippen LogP contribution in [0.3, 0.4) is 0 Å². The summed E-state index contributed by atoms with van der Waals surface area (Å²) >= 11 is 4.15. The minimum Gasteiger partial charge on any atom is -0.331 e. The largest absolute Gasteiger partial charge is 0.406 e. The van der Waals surface area contributed by atoms with Crippen LogP contribution >= 0.6 is 12.6 Å². The second-order valence-corrected chi connectivity index (χ2v) is 5.38. The number of thiol groups is 1. The van der Waals surface area contributed by atoms with Gasteiger partial charge in [0, 0.05) is 12.5 Å². The van der Waals surface area contributed by atoms with E-state index >= 15 is 0 Å². The predicted octanol–water partition coefficient (Wildman–Crippen LogP) is 2.89. The number of nitrogens with zero attached hydrogens (tertiary/aromatic N) is 1. The minimum atomic E-state index is -4.34. The van der Waals surface area contributed by atoms with E-state index in [2.05, 4.69) is 12.6 Å². The van der Waals surface area contributed by atoms with Crippen molar-refractivity contribution in [2.24, 2.45) is 5.41 Å². The smallest absolute Gasteiger partial charge is 0.331 e. The van der Waals surface area contributed by atoms with E-state index in [1.165, 1.54) is 0 Å². The van der Waals surface area contributed by atoms with Crippen LogP contribution in [0.1, 0.15) is 33.1 Å². The lowest BCUT2D eigenvalue weighted by molar-refractivity contribution is -0.165. The number of rotatable bonds is 5. The molecule has 0 aromatic rings. The fraction of sp³-hybridized carbons (Fsp3) is 0.909. The Morgan fingerprint density at radius 2 is 1.94 bits per heavy atom. The average Bonchev–Trinajstić information content (AvgIpc) is 2.93. The molecule has 1 rings (SSSR count). The highest BCUT2D eigenvalue weighted by Crippen LogP contribution is 2.50. The average molecular weight is 269 g/mol. The van der Waals surface area contributed by atoms with Crippen LogP contribution in [0.2, 0.25) is 0 Å². The number of alkyl halides is 3. The van der Waals surface area contributed by atoms with Crippen LogP contribution in [-0.2, 0) is 4.79 Å². The van der Waals surface area contributed by atoms with Crippen LogP contribution < -0.4 is 0 Å². The summed E-state index contributed by atoms with van der Waals surface area (Å²) < 4.78 is 37.0. The summed E-state index contributed by atoms with van der Waals surface area (Å²) in [6.07, 6.45) is -2.37. The Labute approximate surface area is 105 Å². The summed E-state index contributed by atoms with van der Waals surface area (Å²) in [6, 6.07) is -0.431. The van der Waals surface area contributed by atoms with Crippen molar-refractivity contribution in [2.75, 3.05) is 12.3 Å². The summed E-state index contributed by atoms with van der Waals surface area (Å²) in [6.45, 7) is 2.04. The number of hydrogen-bond donors (Lipinski definition) is 1. The third-order valence-electron chi connectivity index (χ3n) is 3.11. The lowest BCUT2D eigenvalue weighted by Gasteiger charge is -2.29. The van der Waals surface area contributed by atoms with Crippen LogP contribution in [0, 0.1) is 5.41 Å². The molecule has 0 aliphatic heterocycles. The number of hydrogen-bond acceptors (Lipinski definition) is 2. The van der Waals surface area contributed by atoms with E-state index in [0.29, 0.717) is 5.75 Å². The van der Waals surface area contributed by atoms with Gasteiger partial charge in [-0.1, -0.05) is 0 Å². The zero-order chi connectivity index (χ0) is 13.3. The number of carbonyl (C=O) groups excluding carboxylic acids is 1. The van der Waals surface area contributed by atoms with Gasteiger partial charge in [-0.25, -0.2) is 0 Å². The number of halogens is 3. The van der Waals surface area contributed by atoms with Crippen molar-refractivity contribution < 1.29 is 18.0 Å². The van der Waals surface area contributed by atoms with Gasteiger partial charge >= 0.3 is 6.18 Å². The lowest BCUT2D eigenvalue weighted by atomic mass is 10.0. The molecular formula is C11H18F3NOS. The molecule has 6 heteroatoms. The second kappa shape index (κ2) is 5.08. The van der Waals surface area contributed by atoms with Gasteiger partial charge in [0.25, 0.3) is 0 Å². The maximum absolute atomic E-state index is 12.3. The van der Waals surface area contributed by atoms with Crippen molar-refractivity contribution in [3.8, 4) is 0 Å². The molecule has 0 atom stereocenters. The molecule has 0 N–H and O–H groups in total.